The van der Waals surface area contributed by atoms with Gasteiger partial charge >= 0.3 is 0 Å². The van der Waals surface area contributed by atoms with E-state index in [0.29, 0.717) is 35.4 Å². The summed E-state index contributed by atoms with van der Waals surface area (Å²) in [6, 6.07) is 5.75. The number of hydrogen-bond acceptors (Lipinski definition) is 7. The molecule has 1 aromatic carbocycles. The van der Waals surface area contributed by atoms with Gasteiger partial charge < -0.3 is 20.1 Å². The first-order valence-electron chi connectivity index (χ1n) is 10.9. The van der Waals surface area contributed by atoms with E-state index in [-0.39, 0.29) is 29.0 Å². The van der Waals surface area contributed by atoms with E-state index in [2.05, 4.69) is 20.3 Å². The summed E-state index contributed by atoms with van der Waals surface area (Å²) < 4.78 is 34.9. The van der Waals surface area contributed by atoms with Gasteiger partial charge in [0.1, 0.15) is 23.6 Å². The predicted octanol–water partition coefficient (Wildman–Crippen LogP) is 3.73. The summed E-state index contributed by atoms with van der Waals surface area (Å²) in [7, 11) is 3.30. The Labute approximate surface area is 190 Å². The predicted molar refractivity (Wildman–Crippen MR) is 121 cm³/mol. The number of anilines is 1. The summed E-state index contributed by atoms with van der Waals surface area (Å²) in [4.78, 5) is 14.6. The summed E-state index contributed by atoms with van der Waals surface area (Å²) in [5, 5.41) is 13.9. The van der Waals surface area contributed by atoms with Crippen LogP contribution in [0.2, 0.25) is 0 Å². The molecule has 172 valence electrons. The number of benzene rings is 1. The molecule has 2 aliphatic heterocycles. The highest BCUT2D eigenvalue weighted by Crippen LogP contribution is 2.36. The standard InChI is InChI=1S/C24H25F2N5O2/c1-31(20-8-14-3-4-18(30-14)24(20)26)22-12-28-19(11-29-22)16-9-17(25)15(10-21(16)32)13-5-6-27-23(7-13)33-2/h5-7,9-12,14,18,20,24,30,32H,3-4,8H2,1-2H3/t14?,18?,20-,24+/m0/s1. The van der Waals surface area contributed by atoms with Gasteiger partial charge in [-0.25, -0.2) is 18.7 Å². The molecule has 2 bridgehead atoms. The molecule has 2 saturated heterocycles. The number of aromatic hydroxyl groups is 1. The topological polar surface area (TPSA) is 83.4 Å². The largest absolute Gasteiger partial charge is 0.507 e. The van der Waals surface area contributed by atoms with Crippen molar-refractivity contribution in [3.05, 3.63) is 48.7 Å². The molecule has 33 heavy (non-hydrogen) atoms. The van der Waals surface area contributed by atoms with Crippen LogP contribution in [0.4, 0.5) is 14.6 Å². The first-order valence-corrected chi connectivity index (χ1v) is 10.9. The number of hydrogen-bond donors (Lipinski definition) is 2. The Morgan fingerprint density at radius 1 is 1.12 bits per heavy atom. The number of aromatic nitrogens is 3. The third kappa shape index (κ3) is 3.97. The number of alkyl halides is 1. The van der Waals surface area contributed by atoms with Gasteiger partial charge in [-0.1, -0.05) is 0 Å². The third-order valence-electron chi connectivity index (χ3n) is 6.67. The lowest BCUT2D eigenvalue weighted by Gasteiger charge is -2.38. The van der Waals surface area contributed by atoms with E-state index in [9.17, 15) is 13.9 Å². The monoisotopic (exact) mass is 453 g/mol. The molecule has 0 amide bonds. The fourth-order valence-corrected chi connectivity index (χ4v) is 4.84. The number of nitrogens with one attached hydrogen (secondary N) is 1. The fraction of sp³-hybridized carbons (Fsp3) is 0.375. The van der Waals surface area contributed by atoms with Crippen LogP contribution in [0, 0.1) is 5.82 Å². The number of phenols is 1. The number of pyridine rings is 1. The molecule has 0 saturated carbocycles. The second-order valence-electron chi connectivity index (χ2n) is 8.60. The van der Waals surface area contributed by atoms with E-state index in [1.165, 1.54) is 37.8 Å². The number of halogens is 2. The van der Waals surface area contributed by atoms with E-state index >= 15 is 0 Å². The van der Waals surface area contributed by atoms with Gasteiger partial charge in [-0.15, -0.1) is 0 Å². The van der Waals surface area contributed by atoms with E-state index in [0.717, 1.165) is 12.8 Å². The minimum atomic E-state index is -0.979. The maximum Gasteiger partial charge on any atom is 0.213 e. The van der Waals surface area contributed by atoms with Crippen molar-refractivity contribution in [1.29, 1.82) is 0 Å². The van der Waals surface area contributed by atoms with Gasteiger partial charge in [0.15, 0.2) is 0 Å². The Bertz CT molecular complexity index is 1160. The van der Waals surface area contributed by atoms with Gasteiger partial charge in [-0.3, -0.25) is 4.98 Å². The first kappa shape index (κ1) is 21.5. The Morgan fingerprint density at radius 2 is 1.97 bits per heavy atom. The van der Waals surface area contributed by atoms with Gasteiger partial charge in [0, 0.05) is 42.5 Å². The molecule has 9 heteroatoms. The van der Waals surface area contributed by atoms with Crippen LogP contribution in [-0.4, -0.2) is 58.5 Å². The van der Waals surface area contributed by atoms with Gasteiger partial charge in [-0.2, -0.15) is 0 Å². The molecule has 2 aliphatic rings. The van der Waals surface area contributed by atoms with Crippen LogP contribution < -0.4 is 15.0 Å². The lowest BCUT2D eigenvalue weighted by atomic mass is 9.96. The highest BCUT2D eigenvalue weighted by Gasteiger charge is 2.43. The lowest BCUT2D eigenvalue weighted by molar-refractivity contribution is 0.176. The zero-order chi connectivity index (χ0) is 23.1. The highest BCUT2D eigenvalue weighted by atomic mass is 19.1. The van der Waals surface area contributed by atoms with Crippen LogP contribution in [0.3, 0.4) is 0 Å². The molecule has 2 N–H and O–H groups in total. The number of rotatable bonds is 5. The number of fused-ring (bicyclic) bond motifs is 2. The van der Waals surface area contributed by atoms with Crippen LogP contribution in [0.15, 0.2) is 42.9 Å². The molecular weight excluding hydrogens is 428 g/mol. The normalized spacial score (nSPS) is 24.0. The summed E-state index contributed by atoms with van der Waals surface area (Å²) in [5.74, 6) is 0.229. The molecular formula is C24H25F2N5O2. The van der Waals surface area contributed by atoms with Crippen molar-refractivity contribution >= 4 is 5.82 Å². The fourth-order valence-electron chi connectivity index (χ4n) is 4.84. The van der Waals surface area contributed by atoms with Crippen LogP contribution in [0.5, 0.6) is 11.6 Å². The molecule has 2 unspecified atom stereocenters. The Balaban J connectivity index is 1.39. The quantitative estimate of drug-likeness (QED) is 0.609. The minimum Gasteiger partial charge on any atom is -0.507 e. The molecule has 5 rings (SSSR count). The van der Waals surface area contributed by atoms with Gasteiger partial charge in [0.25, 0.3) is 0 Å². The Morgan fingerprint density at radius 3 is 2.73 bits per heavy atom. The van der Waals surface area contributed by atoms with Crippen LogP contribution >= 0.6 is 0 Å². The maximum absolute atomic E-state index is 14.9. The van der Waals surface area contributed by atoms with E-state index in [1.807, 2.05) is 11.9 Å². The second kappa shape index (κ2) is 8.55. The van der Waals surface area contributed by atoms with E-state index < -0.39 is 12.0 Å². The first-order chi connectivity index (χ1) is 15.9. The lowest BCUT2D eigenvalue weighted by Crippen LogP contribution is -2.55. The molecule has 2 fully saturated rings. The third-order valence-corrected chi connectivity index (χ3v) is 6.67. The molecule has 3 aromatic rings. The van der Waals surface area contributed by atoms with Crippen LogP contribution in [0.1, 0.15) is 19.3 Å². The van der Waals surface area contributed by atoms with Gasteiger partial charge in [-0.05, 0) is 43.0 Å². The molecule has 0 spiro atoms. The smallest absolute Gasteiger partial charge is 0.213 e. The zero-order valence-electron chi connectivity index (χ0n) is 18.4. The summed E-state index contributed by atoms with van der Waals surface area (Å²) in [6.07, 6.45) is 6.09. The zero-order valence-corrected chi connectivity index (χ0v) is 18.4. The van der Waals surface area contributed by atoms with Crippen molar-refractivity contribution in [3.63, 3.8) is 0 Å². The molecule has 0 radical (unpaired) electrons. The summed E-state index contributed by atoms with van der Waals surface area (Å²) in [5.41, 5.74) is 1.30. The molecule has 4 atom stereocenters. The molecule has 2 aromatic heterocycles. The number of ether oxygens (including phenoxy) is 1. The number of phenolic OH excluding ortho intramolecular Hbond substituents is 1. The van der Waals surface area contributed by atoms with Crippen molar-refractivity contribution in [1.82, 2.24) is 20.3 Å². The molecule has 0 aliphatic carbocycles. The molecule has 4 heterocycles. The van der Waals surface area contributed by atoms with Crippen molar-refractivity contribution in [2.45, 2.75) is 43.6 Å². The number of nitrogens with zero attached hydrogens (tertiary/aromatic N) is 4. The average Bonchev–Trinajstić information content (AvgIpc) is 3.25. The number of piperidine rings is 1. The van der Waals surface area contributed by atoms with Gasteiger partial charge in [0.2, 0.25) is 5.88 Å². The summed E-state index contributed by atoms with van der Waals surface area (Å²) >= 11 is 0. The van der Waals surface area contributed by atoms with Crippen molar-refractivity contribution in [2.75, 3.05) is 19.1 Å². The highest BCUT2D eigenvalue weighted by molar-refractivity contribution is 5.75. The van der Waals surface area contributed by atoms with Crippen LogP contribution in [-0.2, 0) is 0 Å². The number of methoxy groups -OCH3 is 1. The van der Waals surface area contributed by atoms with Crippen molar-refractivity contribution in [2.24, 2.45) is 0 Å². The maximum atomic E-state index is 14.9. The van der Waals surface area contributed by atoms with E-state index in [4.69, 9.17) is 4.74 Å². The van der Waals surface area contributed by atoms with Crippen molar-refractivity contribution in [3.8, 4) is 34.0 Å². The SMILES string of the molecule is COc1cc(-c2cc(O)c(-c3cnc(N(C)[C@H]4CC5CCC(N5)[C@H]4F)cn3)cc2F)ccn1. The molecule has 7 nitrogen and oxygen atoms in total. The van der Waals surface area contributed by atoms with E-state index in [1.54, 1.807) is 12.1 Å². The summed E-state index contributed by atoms with van der Waals surface area (Å²) in [6.45, 7) is 0. The van der Waals surface area contributed by atoms with Crippen molar-refractivity contribution < 1.29 is 18.6 Å². The minimum absolute atomic E-state index is 0.109. The second-order valence-corrected chi connectivity index (χ2v) is 8.60. The Kier molecular flexibility index (Phi) is 5.57. The van der Waals surface area contributed by atoms with Gasteiger partial charge in [0.05, 0.1) is 31.2 Å². The Hall–Kier alpha value is -3.33. The van der Waals surface area contributed by atoms with Crippen LogP contribution in [0.25, 0.3) is 22.4 Å². The average molecular weight is 453 g/mol.